The Hall–Kier alpha value is -2.01. The van der Waals surface area contributed by atoms with E-state index in [1.165, 1.54) is 37.1 Å². The third kappa shape index (κ3) is 4.29. The first-order valence-corrected chi connectivity index (χ1v) is 8.94. The molecule has 0 bridgehead atoms. The summed E-state index contributed by atoms with van der Waals surface area (Å²) in [5, 5.41) is 7.94. The van der Waals surface area contributed by atoms with Crippen molar-refractivity contribution >= 4 is 5.82 Å². The second-order valence-electron chi connectivity index (χ2n) is 6.45. The third-order valence-corrected chi connectivity index (χ3v) is 4.50. The molecule has 0 unspecified atom stereocenters. The number of nitrogens with one attached hydrogen (secondary N) is 1. The average molecular weight is 328 g/mol. The van der Waals surface area contributed by atoms with E-state index in [4.69, 9.17) is 4.74 Å². The van der Waals surface area contributed by atoms with E-state index in [9.17, 15) is 0 Å². The minimum atomic E-state index is 0.778. The van der Waals surface area contributed by atoms with E-state index in [0.717, 1.165) is 37.6 Å². The standard InChI is InChI=1S/C19H28N4O/c1-3-9-23-12-8-19(21-23)20-14-16-6-7-18(24-2)17(13-16)15-22-10-4-5-11-22/h6-8,12-13H,3-5,9-11,14-15H2,1-2H3,(H,20,21). The Balaban J connectivity index is 1.63. The number of likely N-dealkylation sites (tertiary alicyclic amines) is 1. The number of ether oxygens (including phenoxy) is 1. The smallest absolute Gasteiger partial charge is 0.148 e. The molecule has 1 N–H and O–H groups in total. The fraction of sp³-hybridized carbons (Fsp3) is 0.526. The van der Waals surface area contributed by atoms with Crippen molar-refractivity contribution in [2.24, 2.45) is 0 Å². The summed E-state index contributed by atoms with van der Waals surface area (Å²) in [4.78, 5) is 2.50. The Bertz CT molecular complexity index is 647. The number of anilines is 1. The van der Waals surface area contributed by atoms with Crippen LogP contribution in [0.3, 0.4) is 0 Å². The van der Waals surface area contributed by atoms with Crippen LogP contribution in [0, 0.1) is 0 Å². The monoisotopic (exact) mass is 328 g/mol. The first-order valence-electron chi connectivity index (χ1n) is 8.94. The van der Waals surface area contributed by atoms with Crippen LogP contribution in [0.5, 0.6) is 5.75 Å². The van der Waals surface area contributed by atoms with Crippen molar-refractivity contribution in [2.75, 3.05) is 25.5 Å². The van der Waals surface area contributed by atoms with Crippen LogP contribution in [-0.4, -0.2) is 34.9 Å². The molecule has 1 aromatic carbocycles. The molecular weight excluding hydrogens is 300 g/mol. The Morgan fingerprint density at radius 2 is 2.04 bits per heavy atom. The molecule has 3 rings (SSSR count). The fourth-order valence-corrected chi connectivity index (χ4v) is 3.25. The number of hydrogen-bond donors (Lipinski definition) is 1. The Labute approximate surface area is 144 Å². The van der Waals surface area contributed by atoms with Crippen LogP contribution in [0.1, 0.15) is 37.3 Å². The van der Waals surface area contributed by atoms with Crippen molar-refractivity contribution in [2.45, 2.75) is 45.8 Å². The van der Waals surface area contributed by atoms with Gasteiger partial charge >= 0.3 is 0 Å². The predicted octanol–water partition coefficient (Wildman–Crippen LogP) is 3.51. The van der Waals surface area contributed by atoms with Crippen molar-refractivity contribution in [3.8, 4) is 5.75 Å². The minimum Gasteiger partial charge on any atom is -0.496 e. The molecule has 24 heavy (non-hydrogen) atoms. The summed E-state index contributed by atoms with van der Waals surface area (Å²) in [7, 11) is 1.75. The van der Waals surface area contributed by atoms with Gasteiger partial charge in [-0.3, -0.25) is 9.58 Å². The van der Waals surface area contributed by atoms with Gasteiger partial charge in [0.1, 0.15) is 11.6 Å². The molecule has 0 spiro atoms. The highest BCUT2D eigenvalue weighted by Gasteiger charge is 2.14. The molecule has 0 radical (unpaired) electrons. The van der Waals surface area contributed by atoms with E-state index in [-0.39, 0.29) is 0 Å². The Morgan fingerprint density at radius 3 is 2.79 bits per heavy atom. The first kappa shape index (κ1) is 16.8. The van der Waals surface area contributed by atoms with Gasteiger partial charge in [0.2, 0.25) is 0 Å². The molecule has 130 valence electrons. The molecule has 1 aromatic heterocycles. The highest BCUT2D eigenvalue weighted by atomic mass is 16.5. The maximum absolute atomic E-state index is 5.54. The molecule has 5 nitrogen and oxygen atoms in total. The Morgan fingerprint density at radius 1 is 1.21 bits per heavy atom. The number of benzene rings is 1. The van der Waals surface area contributed by atoms with Gasteiger partial charge in [-0.15, -0.1) is 0 Å². The van der Waals surface area contributed by atoms with E-state index in [2.05, 4.69) is 40.4 Å². The lowest BCUT2D eigenvalue weighted by Gasteiger charge is -2.18. The number of methoxy groups -OCH3 is 1. The maximum atomic E-state index is 5.54. The molecule has 1 saturated heterocycles. The van der Waals surface area contributed by atoms with Crippen LogP contribution in [0.4, 0.5) is 5.82 Å². The molecule has 0 amide bonds. The van der Waals surface area contributed by atoms with Crippen molar-refractivity contribution in [3.05, 3.63) is 41.6 Å². The highest BCUT2D eigenvalue weighted by Crippen LogP contribution is 2.24. The minimum absolute atomic E-state index is 0.778. The van der Waals surface area contributed by atoms with E-state index < -0.39 is 0 Å². The zero-order valence-corrected chi connectivity index (χ0v) is 14.8. The van der Waals surface area contributed by atoms with Crippen LogP contribution in [-0.2, 0) is 19.6 Å². The average Bonchev–Trinajstić information content (AvgIpc) is 3.25. The molecular formula is C19H28N4O. The zero-order valence-electron chi connectivity index (χ0n) is 14.8. The predicted molar refractivity (Wildman–Crippen MR) is 97.3 cm³/mol. The van der Waals surface area contributed by atoms with Gasteiger partial charge < -0.3 is 10.1 Å². The van der Waals surface area contributed by atoms with Gasteiger partial charge in [0, 0.05) is 37.5 Å². The summed E-state index contributed by atoms with van der Waals surface area (Å²) in [5.41, 5.74) is 2.53. The maximum Gasteiger partial charge on any atom is 0.148 e. The highest BCUT2D eigenvalue weighted by molar-refractivity contribution is 5.40. The summed E-state index contributed by atoms with van der Waals surface area (Å²) in [6, 6.07) is 8.50. The summed E-state index contributed by atoms with van der Waals surface area (Å²) in [5.74, 6) is 1.92. The van der Waals surface area contributed by atoms with E-state index in [1.54, 1.807) is 7.11 Å². The van der Waals surface area contributed by atoms with Gasteiger partial charge in [-0.2, -0.15) is 5.10 Å². The van der Waals surface area contributed by atoms with Crippen LogP contribution >= 0.6 is 0 Å². The van der Waals surface area contributed by atoms with Crippen molar-refractivity contribution in [1.82, 2.24) is 14.7 Å². The lowest BCUT2D eigenvalue weighted by Crippen LogP contribution is -2.19. The van der Waals surface area contributed by atoms with Gasteiger partial charge in [-0.05, 0) is 50.0 Å². The number of aromatic nitrogens is 2. The van der Waals surface area contributed by atoms with E-state index >= 15 is 0 Å². The molecule has 1 aliphatic rings. The van der Waals surface area contributed by atoms with Crippen molar-refractivity contribution in [1.29, 1.82) is 0 Å². The fourth-order valence-electron chi connectivity index (χ4n) is 3.25. The number of aryl methyl sites for hydroxylation is 1. The zero-order chi connectivity index (χ0) is 16.8. The molecule has 1 fully saturated rings. The lowest BCUT2D eigenvalue weighted by molar-refractivity contribution is 0.321. The topological polar surface area (TPSA) is 42.3 Å². The second kappa shape index (κ2) is 8.20. The summed E-state index contributed by atoms with van der Waals surface area (Å²) < 4.78 is 7.52. The molecule has 0 aliphatic carbocycles. The summed E-state index contributed by atoms with van der Waals surface area (Å²) >= 11 is 0. The lowest BCUT2D eigenvalue weighted by atomic mass is 10.1. The molecule has 5 heteroatoms. The molecule has 0 saturated carbocycles. The number of nitrogens with zero attached hydrogens (tertiary/aromatic N) is 3. The molecule has 0 atom stereocenters. The van der Waals surface area contributed by atoms with Crippen LogP contribution in [0.25, 0.3) is 0 Å². The van der Waals surface area contributed by atoms with Crippen molar-refractivity contribution < 1.29 is 4.74 Å². The molecule has 1 aliphatic heterocycles. The van der Waals surface area contributed by atoms with Gasteiger partial charge in [-0.25, -0.2) is 0 Å². The van der Waals surface area contributed by atoms with Gasteiger partial charge in [0.25, 0.3) is 0 Å². The normalized spacial score (nSPS) is 14.9. The largest absolute Gasteiger partial charge is 0.496 e. The summed E-state index contributed by atoms with van der Waals surface area (Å²) in [6.07, 6.45) is 5.74. The van der Waals surface area contributed by atoms with Gasteiger partial charge in [0.05, 0.1) is 7.11 Å². The number of rotatable bonds is 8. The van der Waals surface area contributed by atoms with Crippen molar-refractivity contribution in [3.63, 3.8) is 0 Å². The quantitative estimate of drug-likeness (QED) is 0.805. The molecule has 2 heterocycles. The first-order chi connectivity index (χ1) is 11.8. The van der Waals surface area contributed by atoms with Crippen LogP contribution in [0.15, 0.2) is 30.5 Å². The summed E-state index contributed by atoms with van der Waals surface area (Å²) in [6.45, 7) is 7.27. The number of hydrogen-bond acceptors (Lipinski definition) is 4. The second-order valence-corrected chi connectivity index (χ2v) is 6.45. The Kier molecular flexibility index (Phi) is 5.75. The van der Waals surface area contributed by atoms with Crippen LogP contribution < -0.4 is 10.1 Å². The SMILES string of the molecule is CCCn1ccc(NCc2ccc(OC)c(CN3CCCC3)c2)n1. The van der Waals surface area contributed by atoms with Gasteiger partial charge in [0.15, 0.2) is 0 Å². The third-order valence-electron chi connectivity index (χ3n) is 4.50. The molecule has 2 aromatic rings. The van der Waals surface area contributed by atoms with Gasteiger partial charge in [-0.1, -0.05) is 13.0 Å². The van der Waals surface area contributed by atoms with E-state index in [1.807, 2.05) is 16.9 Å². The van der Waals surface area contributed by atoms with Crippen LogP contribution in [0.2, 0.25) is 0 Å². The van der Waals surface area contributed by atoms with E-state index in [0.29, 0.717) is 0 Å².